The van der Waals surface area contributed by atoms with Crippen LogP contribution in [0.2, 0.25) is 0 Å². The Morgan fingerprint density at radius 3 is 1.60 bits per heavy atom. The standard InChI is InChI=1S/C8H18S.Rh/c1-3-5-7-9-8-6-4-2;/h3-8H2,1-2H3;. The molecule has 0 unspecified atom stereocenters. The van der Waals surface area contributed by atoms with Crippen LogP contribution in [0.15, 0.2) is 0 Å². The topological polar surface area (TPSA) is 0 Å². The number of thioether (sulfide) groups is 1. The maximum absolute atomic E-state index is 2.25. The molecule has 0 bridgehead atoms. The van der Waals surface area contributed by atoms with Crippen LogP contribution in [0.5, 0.6) is 0 Å². The van der Waals surface area contributed by atoms with Crippen molar-refractivity contribution >= 4 is 11.8 Å². The van der Waals surface area contributed by atoms with E-state index in [9.17, 15) is 0 Å². The van der Waals surface area contributed by atoms with Crippen molar-refractivity contribution in [2.75, 3.05) is 11.5 Å². The SMILES string of the molecule is CCCCSCCCC.[Rh]. The summed E-state index contributed by atoms with van der Waals surface area (Å²) in [5, 5.41) is 0. The second kappa shape index (κ2) is 12.6. The summed E-state index contributed by atoms with van der Waals surface area (Å²) in [7, 11) is 0. The normalized spacial score (nSPS) is 9.00. The molecule has 1 radical (unpaired) electrons. The van der Waals surface area contributed by atoms with E-state index >= 15 is 0 Å². The Morgan fingerprint density at radius 2 is 1.30 bits per heavy atom. The first-order chi connectivity index (χ1) is 4.41. The molecule has 2 heteroatoms. The maximum atomic E-state index is 2.25. The molecule has 0 N–H and O–H groups in total. The minimum atomic E-state index is 0. The molecule has 0 amide bonds. The Morgan fingerprint density at radius 1 is 0.900 bits per heavy atom. The zero-order valence-electron chi connectivity index (χ0n) is 6.98. The molecule has 0 rings (SSSR count). The maximum Gasteiger partial charge on any atom is 0 e. The predicted octanol–water partition coefficient (Wildman–Crippen LogP) is 3.32. The number of hydrogen-bond acceptors (Lipinski definition) is 1. The summed E-state index contributed by atoms with van der Waals surface area (Å²) in [6, 6.07) is 0. The second-order valence-corrected chi connectivity index (χ2v) is 3.54. The first-order valence-electron chi connectivity index (χ1n) is 3.99. The molecule has 0 saturated heterocycles. The van der Waals surface area contributed by atoms with Crippen molar-refractivity contribution in [1.29, 1.82) is 0 Å². The predicted molar refractivity (Wildman–Crippen MR) is 47.1 cm³/mol. The van der Waals surface area contributed by atoms with Crippen LogP contribution in [-0.4, -0.2) is 11.5 Å². The van der Waals surface area contributed by atoms with Gasteiger partial charge in [-0.2, -0.15) is 11.8 Å². The van der Waals surface area contributed by atoms with Crippen LogP contribution in [0.4, 0.5) is 0 Å². The minimum Gasteiger partial charge on any atom is -0.162 e. The molecule has 0 aromatic heterocycles. The van der Waals surface area contributed by atoms with E-state index in [0.29, 0.717) is 0 Å². The number of rotatable bonds is 6. The van der Waals surface area contributed by atoms with E-state index in [-0.39, 0.29) is 19.5 Å². The van der Waals surface area contributed by atoms with E-state index in [0.717, 1.165) is 0 Å². The van der Waals surface area contributed by atoms with Crippen molar-refractivity contribution in [3.05, 3.63) is 0 Å². The molecular formula is C8H18RhS. The van der Waals surface area contributed by atoms with E-state index in [1.165, 1.54) is 37.2 Å². The molecule has 65 valence electrons. The molecule has 10 heavy (non-hydrogen) atoms. The summed E-state index contributed by atoms with van der Waals surface area (Å²) in [4.78, 5) is 0. The van der Waals surface area contributed by atoms with E-state index in [4.69, 9.17) is 0 Å². The third-order valence-electron chi connectivity index (χ3n) is 1.28. The first-order valence-corrected chi connectivity index (χ1v) is 5.15. The molecule has 0 aliphatic carbocycles. The Kier molecular flexibility index (Phi) is 17.1. The Balaban J connectivity index is 0. The number of unbranched alkanes of at least 4 members (excludes halogenated alkanes) is 2. The monoisotopic (exact) mass is 249 g/mol. The largest absolute Gasteiger partial charge is 0.162 e. The summed E-state index contributed by atoms with van der Waals surface area (Å²) in [6.07, 6.45) is 5.49. The van der Waals surface area contributed by atoms with Gasteiger partial charge in [-0.25, -0.2) is 0 Å². The molecule has 0 nitrogen and oxygen atoms in total. The quantitative estimate of drug-likeness (QED) is 0.514. The first kappa shape index (κ1) is 13.6. The van der Waals surface area contributed by atoms with Crippen molar-refractivity contribution in [2.45, 2.75) is 39.5 Å². The van der Waals surface area contributed by atoms with Crippen LogP contribution in [0.25, 0.3) is 0 Å². The van der Waals surface area contributed by atoms with Gasteiger partial charge in [0, 0.05) is 19.5 Å². The van der Waals surface area contributed by atoms with Crippen LogP contribution in [-0.2, 0) is 19.5 Å². The van der Waals surface area contributed by atoms with Crippen LogP contribution in [0.3, 0.4) is 0 Å². The van der Waals surface area contributed by atoms with Gasteiger partial charge in [-0.3, -0.25) is 0 Å². The second-order valence-electron chi connectivity index (χ2n) is 2.32. The molecule has 0 heterocycles. The van der Waals surface area contributed by atoms with Crippen LogP contribution in [0.1, 0.15) is 39.5 Å². The third-order valence-corrected chi connectivity index (χ3v) is 2.44. The zero-order chi connectivity index (χ0) is 6.95. The molecule has 0 aliphatic heterocycles. The molecule has 0 atom stereocenters. The van der Waals surface area contributed by atoms with Gasteiger partial charge >= 0.3 is 0 Å². The van der Waals surface area contributed by atoms with E-state index < -0.39 is 0 Å². The Labute approximate surface area is 82.3 Å². The van der Waals surface area contributed by atoms with Gasteiger partial charge in [0.05, 0.1) is 0 Å². The smallest absolute Gasteiger partial charge is 0 e. The molecule has 0 aromatic rings. The summed E-state index contributed by atoms with van der Waals surface area (Å²) in [6.45, 7) is 4.50. The van der Waals surface area contributed by atoms with Gasteiger partial charge in [-0.1, -0.05) is 26.7 Å². The van der Waals surface area contributed by atoms with Crippen molar-refractivity contribution in [3.63, 3.8) is 0 Å². The van der Waals surface area contributed by atoms with Crippen molar-refractivity contribution in [2.24, 2.45) is 0 Å². The Bertz CT molecular complexity index is 42.5. The van der Waals surface area contributed by atoms with Crippen molar-refractivity contribution in [3.8, 4) is 0 Å². The molecule has 0 fully saturated rings. The van der Waals surface area contributed by atoms with Crippen LogP contribution in [0, 0.1) is 0 Å². The summed E-state index contributed by atoms with van der Waals surface area (Å²) >= 11 is 2.10. The summed E-state index contributed by atoms with van der Waals surface area (Å²) in [5.41, 5.74) is 0. The fraction of sp³-hybridized carbons (Fsp3) is 1.00. The van der Waals surface area contributed by atoms with Crippen molar-refractivity contribution < 1.29 is 19.5 Å². The molecular weight excluding hydrogens is 231 g/mol. The van der Waals surface area contributed by atoms with Crippen molar-refractivity contribution in [1.82, 2.24) is 0 Å². The van der Waals surface area contributed by atoms with Gasteiger partial charge in [0.15, 0.2) is 0 Å². The average molecular weight is 249 g/mol. The zero-order valence-corrected chi connectivity index (χ0v) is 9.44. The van der Waals surface area contributed by atoms with Gasteiger partial charge in [0.25, 0.3) is 0 Å². The Hall–Kier alpha value is 0.973. The number of hydrogen-bond donors (Lipinski definition) is 0. The van der Waals surface area contributed by atoms with E-state index in [2.05, 4.69) is 25.6 Å². The van der Waals surface area contributed by atoms with Crippen LogP contribution >= 0.6 is 11.8 Å². The fourth-order valence-electron chi connectivity index (χ4n) is 0.595. The van der Waals surface area contributed by atoms with E-state index in [1.807, 2.05) is 0 Å². The molecule has 0 aromatic carbocycles. The van der Waals surface area contributed by atoms with E-state index in [1.54, 1.807) is 0 Å². The summed E-state index contributed by atoms with van der Waals surface area (Å²) in [5.74, 6) is 2.74. The molecule has 0 aliphatic rings. The van der Waals surface area contributed by atoms with Gasteiger partial charge in [-0.05, 0) is 24.3 Å². The van der Waals surface area contributed by atoms with Gasteiger partial charge < -0.3 is 0 Å². The fourth-order valence-corrected chi connectivity index (χ4v) is 1.78. The minimum absolute atomic E-state index is 0. The van der Waals surface area contributed by atoms with Gasteiger partial charge in [0.2, 0.25) is 0 Å². The summed E-state index contributed by atoms with van der Waals surface area (Å²) < 4.78 is 0. The van der Waals surface area contributed by atoms with Crippen LogP contribution < -0.4 is 0 Å². The molecule has 0 saturated carbocycles. The molecule has 0 spiro atoms. The third kappa shape index (κ3) is 11.7. The van der Waals surface area contributed by atoms with Gasteiger partial charge in [-0.15, -0.1) is 0 Å². The average Bonchev–Trinajstić information content (AvgIpc) is 1.89. The van der Waals surface area contributed by atoms with Gasteiger partial charge in [0.1, 0.15) is 0 Å².